The monoisotopic (exact) mass is 249 g/mol. The molecule has 0 aromatic carbocycles. The van der Waals surface area contributed by atoms with Crippen molar-refractivity contribution in [2.45, 2.75) is 37.6 Å². The lowest BCUT2D eigenvalue weighted by atomic mass is 9.82. The molecule has 1 saturated carbocycles. The van der Waals surface area contributed by atoms with Gasteiger partial charge in [0.15, 0.2) is 0 Å². The van der Waals surface area contributed by atoms with Crippen LogP contribution in [0.2, 0.25) is 0 Å². The first kappa shape index (κ1) is 12.8. The van der Waals surface area contributed by atoms with Crippen molar-refractivity contribution >= 4 is 11.6 Å². The molecule has 5 heteroatoms. The topological polar surface area (TPSA) is 77.2 Å². The summed E-state index contributed by atoms with van der Waals surface area (Å²) >= 11 is 0. The molecule has 0 saturated heterocycles. The first-order valence-corrected chi connectivity index (χ1v) is 6.24. The van der Waals surface area contributed by atoms with Gasteiger partial charge in [0, 0.05) is 6.07 Å². The van der Waals surface area contributed by atoms with Crippen molar-refractivity contribution in [1.82, 2.24) is 4.98 Å². The van der Waals surface area contributed by atoms with E-state index in [1.807, 2.05) is 0 Å². The normalized spacial score (nSPS) is 18.1. The van der Waals surface area contributed by atoms with Crippen molar-refractivity contribution in [2.75, 3.05) is 12.4 Å². The van der Waals surface area contributed by atoms with Crippen LogP contribution in [0.1, 0.15) is 32.1 Å². The second-order valence-electron chi connectivity index (χ2n) is 4.76. The Bertz CT molecular complexity index is 411. The lowest BCUT2D eigenvalue weighted by molar-refractivity contribution is -0.122. The van der Waals surface area contributed by atoms with E-state index in [-0.39, 0.29) is 5.91 Å². The van der Waals surface area contributed by atoms with Crippen LogP contribution >= 0.6 is 0 Å². The maximum Gasteiger partial charge on any atom is 0.244 e. The van der Waals surface area contributed by atoms with E-state index in [4.69, 9.17) is 10.5 Å². The van der Waals surface area contributed by atoms with Crippen LogP contribution in [-0.2, 0) is 4.79 Å². The number of nitrogens with two attached hydrogens (primary N) is 1. The van der Waals surface area contributed by atoms with Gasteiger partial charge in [-0.05, 0) is 18.9 Å². The lowest BCUT2D eigenvalue weighted by Gasteiger charge is -2.31. The summed E-state index contributed by atoms with van der Waals surface area (Å²) < 4.78 is 4.96. The zero-order valence-corrected chi connectivity index (χ0v) is 10.6. The minimum absolute atomic E-state index is 0.117. The van der Waals surface area contributed by atoms with Crippen molar-refractivity contribution in [3.63, 3.8) is 0 Å². The van der Waals surface area contributed by atoms with E-state index in [9.17, 15) is 4.79 Å². The molecule has 1 fully saturated rings. The van der Waals surface area contributed by atoms with E-state index in [1.165, 1.54) is 0 Å². The summed E-state index contributed by atoms with van der Waals surface area (Å²) in [5.41, 5.74) is 6.07. The molecule has 98 valence electrons. The standard InChI is InChI=1S/C13H19N3O2/c1-18-11-6-5-10(9-15-11)16-12(17)13(14)7-3-2-4-8-13/h5-6,9H,2-4,7-8,14H2,1H3,(H,16,17). The van der Waals surface area contributed by atoms with Crippen LogP contribution in [0, 0.1) is 0 Å². The summed E-state index contributed by atoms with van der Waals surface area (Å²) in [4.78, 5) is 16.2. The van der Waals surface area contributed by atoms with Gasteiger partial charge in [0.2, 0.25) is 11.8 Å². The Labute approximate surface area is 107 Å². The summed E-state index contributed by atoms with van der Waals surface area (Å²) in [7, 11) is 1.55. The van der Waals surface area contributed by atoms with E-state index in [2.05, 4.69) is 10.3 Å². The van der Waals surface area contributed by atoms with Crippen LogP contribution in [0.25, 0.3) is 0 Å². The van der Waals surface area contributed by atoms with E-state index < -0.39 is 5.54 Å². The number of pyridine rings is 1. The largest absolute Gasteiger partial charge is 0.481 e. The van der Waals surface area contributed by atoms with Crippen LogP contribution in [0.3, 0.4) is 0 Å². The van der Waals surface area contributed by atoms with Gasteiger partial charge in [-0.15, -0.1) is 0 Å². The van der Waals surface area contributed by atoms with Gasteiger partial charge >= 0.3 is 0 Å². The fourth-order valence-electron chi connectivity index (χ4n) is 2.24. The fourth-order valence-corrected chi connectivity index (χ4v) is 2.24. The van der Waals surface area contributed by atoms with E-state index >= 15 is 0 Å². The number of aromatic nitrogens is 1. The average Bonchev–Trinajstić information content (AvgIpc) is 2.40. The van der Waals surface area contributed by atoms with E-state index in [1.54, 1.807) is 25.4 Å². The number of amides is 1. The number of nitrogens with one attached hydrogen (secondary N) is 1. The van der Waals surface area contributed by atoms with Gasteiger partial charge in [-0.25, -0.2) is 4.98 Å². The molecule has 1 aromatic heterocycles. The van der Waals surface area contributed by atoms with Gasteiger partial charge < -0.3 is 15.8 Å². The number of anilines is 1. The molecule has 1 aromatic rings. The van der Waals surface area contributed by atoms with Crippen molar-refractivity contribution in [2.24, 2.45) is 5.73 Å². The Kier molecular flexibility index (Phi) is 3.81. The van der Waals surface area contributed by atoms with Crippen LogP contribution in [0.4, 0.5) is 5.69 Å². The smallest absolute Gasteiger partial charge is 0.244 e. The van der Waals surface area contributed by atoms with Gasteiger partial charge in [-0.2, -0.15) is 0 Å². The van der Waals surface area contributed by atoms with Crippen molar-refractivity contribution in [1.29, 1.82) is 0 Å². The number of ether oxygens (including phenoxy) is 1. The SMILES string of the molecule is COc1ccc(NC(=O)C2(N)CCCCC2)cn1. The van der Waals surface area contributed by atoms with Crippen molar-refractivity contribution in [3.05, 3.63) is 18.3 Å². The van der Waals surface area contributed by atoms with E-state index in [0.717, 1.165) is 32.1 Å². The number of hydrogen-bond acceptors (Lipinski definition) is 4. The highest BCUT2D eigenvalue weighted by molar-refractivity contribution is 5.97. The molecule has 18 heavy (non-hydrogen) atoms. The number of methoxy groups -OCH3 is 1. The van der Waals surface area contributed by atoms with Crippen molar-refractivity contribution < 1.29 is 9.53 Å². The summed E-state index contributed by atoms with van der Waals surface area (Å²) in [5, 5.41) is 2.82. The second-order valence-corrected chi connectivity index (χ2v) is 4.76. The molecule has 1 aliphatic rings. The zero-order chi connectivity index (χ0) is 13.0. The predicted molar refractivity (Wildman–Crippen MR) is 69.4 cm³/mol. The maximum absolute atomic E-state index is 12.1. The number of carbonyl (C=O) groups is 1. The number of carbonyl (C=O) groups excluding carboxylic acids is 1. The first-order valence-electron chi connectivity index (χ1n) is 6.24. The number of rotatable bonds is 3. The van der Waals surface area contributed by atoms with Gasteiger partial charge in [0.1, 0.15) is 0 Å². The Morgan fingerprint density at radius 2 is 2.11 bits per heavy atom. The molecule has 1 amide bonds. The first-order chi connectivity index (χ1) is 8.64. The molecular weight excluding hydrogens is 230 g/mol. The van der Waals surface area contributed by atoms with Gasteiger partial charge in [-0.3, -0.25) is 4.79 Å². The molecule has 2 rings (SSSR count). The lowest BCUT2D eigenvalue weighted by Crippen LogP contribution is -2.52. The second kappa shape index (κ2) is 5.35. The van der Waals surface area contributed by atoms with Crippen LogP contribution in [-0.4, -0.2) is 23.5 Å². The summed E-state index contributed by atoms with van der Waals surface area (Å²) in [5.74, 6) is 0.405. The molecule has 0 atom stereocenters. The molecule has 0 unspecified atom stereocenters. The Morgan fingerprint density at radius 3 is 2.67 bits per heavy atom. The Balaban J connectivity index is 2.01. The Hall–Kier alpha value is -1.62. The minimum atomic E-state index is -0.724. The highest BCUT2D eigenvalue weighted by Crippen LogP contribution is 2.27. The van der Waals surface area contributed by atoms with Gasteiger partial charge in [-0.1, -0.05) is 19.3 Å². The van der Waals surface area contributed by atoms with Gasteiger partial charge in [0.05, 0.1) is 24.5 Å². The van der Waals surface area contributed by atoms with Crippen LogP contribution < -0.4 is 15.8 Å². The third-order valence-electron chi connectivity index (χ3n) is 3.40. The summed E-state index contributed by atoms with van der Waals surface area (Å²) in [6.07, 6.45) is 6.28. The molecular formula is C13H19N3O2. The van der Waals surface area contributed by atoms with Crippen LogP contribution in [0.15, 0.2) is 18.3 Å². The quantitative estimate of drug-likeness (QED) is 0.854. The maximum atomic E-state index is 12.1. The molecule has 0 bridgehead atoms. The fraction of sp³-hybridized carbons (Fsp3) is 0.538. The van der Waals surface area contributed by atoms with Crippen molar-refractivity contribution in [3.8, 4) is 5.88 Å². The minimum Gasteiger partial charge on any atom is -0.481 e. The highest BCUT2D eigenvalue weighted by Gasteiger charge is 2.35. The molecule has 1 heterocycles. The molecule has 0 spiro atoms. The van der Waals surface area contributed by atoms with Crippen LogP contribution in [0.5, 0.6) is 5.88 Å². The number of hydrogen-bond donors (Lipinski definition) is 2. The average molecular weight is 249 g/mol. The highest BCUT2D eigenvalue weighted by atomic mass is 16.5. The molecule has 0 aliphatic heterocycles. The molecule has 5 nitrogen and oxygen atoms in total. The summed E-state index contributed by atoms with van der Waals surface area (Å²) in [6, 6.07) is 3.47. The summed E-state index contributed by atoms with van der Waals surface area (Å²) in [6.45, 7) is 0. The Morgan fingerprint density at radius 1 is 1.39 bits per heavy atom. The third-order valence-corrected chi connectivity index (χ3v) is 3.40. The molecule has 0 radical (unpaired) electrons. The zero-order valence-electron chi connectivity index (χ0n) is 10.6. The predicted octanol–water partition coefficient (Wildman–Crippen LogP) is 1.69. The van der Waals surface area contributed by atoms with E-state index in [0.29, 0.717) is 11.6 Å². The molecule has 3 N–H and O–H groups in total. The third kappa shape index (κ3) is 2.79. The number of nitrogens with zero attached hydrogens (tertiary/aromatic N) is 1. The molecule has 1 aliphatic carbocycles. The van der Waals surface area contributed by atoms with Gasteiger partial charge in [0.25, 0.3) is 0 Å².